The molecule has 0 aromatic carbocycles. The maximum atomic E-state index is 10.6. The molecular weight excluding hydrogens is 280 g/mol. The van der Waals surface area contributed by atoms with Gasteiger partial charge in [0.15, 0.2) is 0 Å². The van der Waals surface area contributed by atoms with Crippen LogP contribution in [0.15, 0.2) is 5.38 Å². The quantitative estimate of drug-likeness (QED) is 0.931. The lowest BCUT2D eigenvalue weighted by Gasteiger charge is -2.38. The van der Waals surface area contributed by atoms with Crippen LogP contribution in [0.3, 0.4) is 0 Å². The van der Waals surface area contributed by atoms with Gasteiger partial charge in [-0.2, -0.15) is 0 Å². The van der Waals surface area contributed by atoms with Gasteiger partial charge in [0.1, 0.15) is 0 Å². The normalized spacial score (nSPS) is 31.6. The summed E-state index contributed by atoms with van der Waals surface area (Å²) in [6.45, 7) is 6.57. The van der Waals surface area contributed by atoms with Crippen molar-refractivity contribution in [1.82, 2.24) is 9.88 Å². The maximum absolute atomic E-state index is 10.6. The van der Waals surface area contributed by atoms with Gasteiger partial charge in [-0.1, -0.05) is 20.8 Å². The molecular formula is C17H28N2OS. The lowest BCUT2D eigenvalue weighted by Crippen LogP contribution is -2.43. The highest BCUT2D eigenvalue weighted by Gasteiger charge is 2.40. The standard InChI is InChI=1S/C17H28N2OS/c1-17(2,3)15-10-21-16(18-15)9-14(20)11-7-12-5-6-13(8-11)19(12)4/h10-14,20H,5-9H2,1-4H3. The van der Waals surface area contributed by atoms with E-state index in [1.54, 1.807) is 11.3 Å². The Balaban J connectivity index is 1.62. The van der Waals surface area contributed by atoms with Gasteiger partial charge in [0.2, 0.25) is 0 Å². The average Bonchev–Trinajstić information content (AvgIpc) is 2.91. The molecule has 3 unspecified atom stereocenters. The van der Waals surface area contributed by atoms with E-state index in [4.69, 9.17) is 4.98 Å². The molecule has 3 atom stereocenters. The first-order chi connectivity index (χ1) is 9.84. The highest BCUT2D eigenvalue weighted by atomic mass is 32.1. The Labute approximate surface area is 132 Å². The molecule has 0 saturated carbocycles. The number of fused-ring (bicyclic) bond motifs is 2. The number of aliphatic hydroxyl groups is 1. The third kappa shape index (κ3) is 3.17. The van der Waals surface area contributed by atoms with Gasteiger partial charge in [0.25, 0.3) is 0 Å². The minimum Gasteiger partial charge on any atom is -0.392 e. The number of aliphatic hydroxyl groups excluding tert-OH is 1. The second-order valence-corrected chi connectivity index (χ2v) is 8.87. The average molecular weight is 308 g/mol. The highest BCUT2D eigenvalue weighted by molar-refractivity contribution is 7.09. The number of rotatable bonds is 3. The van der Waals surface area contributed by atoms with Gasteiger partial charge in [0.05, 0.1) is 16.8 Å². The fourth-order valence-electron chi connectivity index (χ4n) is 3.86. The molecule has 2 fully saturated rings. The van der Waals surface area contributed by atoms with Crippen LogP contribution in [0.25, 0.3) is 0 Å². The zero-order valence-electron chi connectivity index (χ0n) is 13.7. The third-order valence-corrected chi connectivity index (χ3v) is 6.25. The van der Waals surface area contributed by atoms with Crippen LogP contribution < -0.4 is 0 Å². The number of thiazole rings is 1. The summed E-state index contributed by atoms with van der Waals surface area (Å²) in [5.41, 5.74) is 1.25. The molecule has 21 heavy (non-hydrogen) atoms. The van der Waals surface area contributed by atoms with Crippen LogP contribution in [0.4, 0.5) is 0 Å². The van der Waals surface area contributed by atoms with Gasteiger partial charge >= 0.3 is 0 Å². The van der Waals surface area contributed by atoms with Gasteiger partial charge in [-0.15, -0.1) is 11.3 Å². The molecule has 0 amide bonds. The molecule has 1 N–H and O–H groups in total. The number of nitrogens with zero attached hydrogens (tertiary/aromatic N) is 2. The SMILES string of the molecule is CN1C2CCC1CC(C(O)Cc1nc(C(C)(C)C)cs1)C2. The van der Waals surface area contributed by atoms with Crippen molar-refractivity contribution in [2.75, 3.05) is 7.05 Å². The Morgan fingerprint density at radius 1 is 1.33 bits per heavy atom. The Morgan fingerprint density at radius 2 is 1.95 bits per heavy atom. The topological polar surface area (TPSA) is 36.4 Å². The van der Waals surface area contributed by atoms with Crippen LogP contribution in [-0.2, 0) is 11.8 Å². The summed E-state index contributed by atoms with van der Waals surface area (Å²) in [5.74, 6) is 0.459. The molecule has 4 heteroatoms. The van der Waals surface area contributed by atoms with E-state index in [9.17, 15) is 5.11 Å². The molecule has 2 aliphatic rings. The summed E-state index contributed by atoms with van der Waals surface area (Å²) in [6, 6.07) is 1.40. The van der Waals surface area contributed by atoms with Crippen LogP contribution in [0.5, 0.6) is 0 Å². The Hall–Kier alpha value is -0.450. The van der Waals surface area contributed by atoms with Crippen molar-refractivity contribution in [2.45, 2.75) is 76.5 Å². The number of piperidine rings is 1. The van der Waals surface area contributed by atoms with E-state index >= 15 is 0 Å². The molecule has 2 bridgehead atoms. The van der Waals surface area contributed by atoms with Gasteiger partial charge in [-0.3, -0.25) is 0 Å². The molecule has 2 aliphatic heterocycles. The molecule has 118 valence electrons. The molecule has 3 rings (SSSR count). The van der Waals surface area contributed by atoms with E-state index in [0.717, 1.165) is 30.0 Å². The van der Waals surface area contributed by atoms with Gasteiger partial charge in [-0.25, -0.2) is 4.98 Å². The first kappa shape index (κ1) is 15.4. The van der Waals surface area contributed by atoms with Gasteiger partial charge in [-0.05, 0) is 38.6 Å². The summed E-state index contributed by atoms with van der Waals surface area (Å²) in [4.78, 5) is 7.27. The second-order valence-electron chi connectivity index (χ2n) is 7.93. The highest BCUT2D eigenvalue weighted by Crippen LogP contribution is 2.39. The molecule has 0 radical (unpaired) electrons. The van der Waals surface area contributed by atoms with Crippen molar-refractivity contribution in [3.05, 3.63) is 16.1 Å². The largest absolute Gasteiger partial charge is 0.392 e. The minimum atomic E-state index is -0.222. The summed E-state index contributed by atoms with van der Waals surface area (Å²) in [6.07, 6.45) is 5.46. The molecule has 1 aromatic rings. The van der Waals surface area contributed by atoms with E-state index in [0.29, 0.717) is 18.0 Å². The lowest BCUT2D eigenvalue weighted by atomic mass is 9.85. The first-order valence-electron chi connectivity index (χ1n) is 8.19. The van der Waals surface area contributed by atoms with Crippen LogP contribution >= 0.6 is 11.3 Å². The Bertz CT molecular complexity index is 479. The van der Waals surface area contributed by atoms with Crippen molar-refractivity contribution in [2.24, 2.45) is 5.92 Å². The van der Waals surface area contributed by atoms with Crippen LogP contribution in [-0.4, -0.2) is 40.2 Å². The summed E-state index contributed by atoms with van der Waals surface area (Å²) in [5, 5.41) is 13.9. The summed E-state index contributed by atoms with van der Waals surface area (Å²) in [7, 11) is 2.25. The number of hydrogen-bond acceptors (Lipinski definition) is 4. The van der Waals surface area contributed by atoms with Gasteiger partial charge < -0.3 is 10.0 Å². The monoisotopic (exact) mass is 308 g/mol. The van der Waals surface area contributed by atoms with Crippen molar-refractivity contribution in [1.29, 1.82) is 0 Å². The van der Waals surface area contributed by atoms with E-state index in [-0.39, 0.29) is 11.5 Å². The molecule has 3 heterocycles. The van der Waals surface area contributed by atoms with Crippen molar-refractivity contribution >= 4 is 11.3 Å². The number of hydrogen-bond donors (Lipinski definition) is 1. The zero-order chi connectivity index (χ0) is 15.2. The minimum absolute atomic E-state index is 0.104. The van der Waals surface area contributed by atoms with Gasteiger partial charge in [0, 0.05) is 29.3 Å². The van der Waals surface area contributed by atoms with E-state index in [2.05, 4.69) is 38.1 Å². The fourth-order valence-corrected chi connectivity index (χ4v) is 4.93. The predicted octanol–water partition coefficient (Wildman–Crippen LogP) is 3.22. The van der Waals surface area contributed by atoms with E-state index in [1.807, 2.05) is 0 Å². The van der Waals surface area contributed by atoms with Crippen molar-refractivity contribution in [3.63, 3.8) is 0 Å². The maximum Gasteiger partial charge on any atom is 0.0954 e. The smallest absolute Gasteiger partial charge is 0.0954 e. The predicted molar refractivity (Wildman–Crippen MR) is 87.8 cm³/mol. The van der Waals surface area contributed by atoms with Crippen LogP contribution in [0.2, 0.25) is 0 Å². The Kier molecular flexibility index (Phi) is 4.15. The molecule has 3 nitrogen and oxygen atoms in total. The summed E-state index contributed by atoms with van der Waals surface area (Å²) >= 11 is 1.70. The molecule has 0 spiro atoms. The third-order valence-electron chi connectivity index (χ3n) is 5.38. The van der Waals surface area contributed by atoms with E-state index in [1.165, 1.54) is 12.8 Å². The number of aromatic nitrogens is 1. The van der Waals surface area contributed by atoms with Crippen molar-refractivity contribution < 1.29 is 5.11 Å². The fraction of sp³-hybridized carbons (Fsp3) is 0.824. The zero-order valence-corrected chi connectivity index (χ0v) is 14.5. The second kappa shape index (κ2) is 5.64. The first-order valence-corrected chi connectivity index (χ1v) is 9.07. The molecule has 2 saturated heterocycles. The van der Waals surface area contributed by atoms with Crippen LogP contribution in [0, 0.1) is 5.92 Å². The lowest BCUT2D eigenvalue weighted by molar-refractivity contribution is 0.0367. The molecule has 0 aliphatic carbocycles. The molecule has 1 aromatic heterocycles. The summed E-state index contributed by atoms with van der Waals surface area (Å²) < 4.78 is 0. The Morgan fingerprint density at radius 3 is 2.48 bits per heavy atom. The van der Waals surface area contributed by atoms with Crippen molar-refractivity contribution in [3.8, 4) is 0 Å². The van der Waals surface area contributed by atoms with Crippen LogP contribution in [0.1, 0.15) is 57.2 Å². The van der Waals surface area contributed by atoms with E-state index < -0.39 is 0 Å².